The number of ketones is 1. The van der Waals surface area contributed by atoms with Gasteiger partial charge in [-0.05, 0) is 61.1 Å². The van der Waals surface area contributed by atoms with Gasteiger partial charge in [0.25, 0.3) is 0 Å². The topological polar surface area (TPSA) is 61.5 Å². The summed E-state index contributed by atoms with van der Waals surface area (Å²) >= 11 is 0. The number of rotatable bonds is 3. The zero-order valence-electron chi connectivity index (χ0n) is 15.3. The van der Waals surface area contributed by atoms with Crippen LogP contribution in [0.4, 0.5) is 5.69 Å². The molecule has 0 amide bonds. The summed E-state index contributed by atoms with van der Waals surface area (Å²) in [7, 11) is 1.62. The molecule has 4 nitrogen and oxygen atoms in total. The molecule has 0 aromatic heterocycles. The fourth-order valence-corrected chi connectivity index (χ4v) is 4.10. The molecule has 0 unspecified atom stereocenters. The first-order valence-corrected chi connectivity index (χ1v) is 8.90. The molecule has 26 heavy (non-hydrogen) atoms. The Morgan fingerprint density at radius 1 is 1.15 bits per heavy atom. The van der Waals surface area contributed by atoms with Crippen molar-refractivity contribution in [2.45, 2.75) is 38.4 Å². The molecule has 2 aromatic carbocycles. The van der Waals surface area contributed by atoms with Crippen LogP contribution >= 0.6 is 0 Å². The molecule has 0 aliphatic carbocycles. The molecular weight excluding hydrogens is 326 g/mol. The minimum atomic E-state index is -0.509. The number of hydrogen-bond acceptors (Lipinski definition) is 4. The summed E-state index contributed by atoms with van der Waals surface area (Å²) in [4.78, 5) is 13.0. The first kappa shape index (κ1) is 16.9. The molecule has 0 saturated carbocycles. The van der Waals surface area contributed by atoms with Crippen LogP contribution in [0, 0.1) is 6.92 Å². The number of carbonyl (C=O) groups is 1. The van der Waals surface area contributed by atoms with Crippen molar-refractivity contribution in [3.63, 3.8) is 0 Å². The van der Waals surface area contributed by atoms with Crippen molar-refractivity contribution in [1.29, 1.82) is 0 Å². The Balaban J connectivity index is 1.81. The van der Waals surface area contributed by atoms with Gasteiger partial charge in [0.15, 0.2) is 5.78 Å². The third-order valence-electron chi connectivity index (χ3n) is 5.48. The summed E-state index contributed by atoms with van der Waals surface area (Å²) < 4.78 is 11.6. The highest BCUT2D eigenvalue weighted by molar-refractivity contribution is 6.25. The predicted molar refractivity (Wildman–Crippen MR) is 102 cm³/mol. The van der Waals surface area contributed by atoms with Gasteiger partial charge < -0.3 is 15.2 Å². The van der Waals surface area contributed by atoms with E-state index in [1.807, 2.05) is 50.2 Å². The summed E-state index contributed by atoms with van der Waals surface area (Å²) in [6, 6.07) is 14.0. The first-order chi connectivity index (χ1) is 12.4. The van der Waals surface area contributed by atoms with Gasteiger partial charge in [-0.1, -0.05) is 30.3 Å². The Labute approximate surface area is 153 Å². The van der Waals surface area contributed by atoms with Crippen molar-refractivity contribution < 1.29 is 14.3 Å². The van der Waals surface area contributed by atoms with Crippen LogP contribution in [0.25, 0.3) is 16.7 Å². The van der Waals surface area contributed by atoms with Gasteiger partial charge in [-0.2, -0.15) is 0 Å². The Kier molecular flexibility index (Phi) is 3.88. The molecule has 0 radical (unpaired) electrons. The van der Waals surface area contributed by atoms with Gasteiger partial charge in [-0.3, -0.25) is 4.79 Å². The molecule has 4 heteroatoms. The fraction of sp³-hybridized carbons (Fsp3) is 0.318. The molecule has 134 valence electrons. The Bertz CT molecular complexity index is 913. The van der Waals surface area contributed by atoms with Gasteiger partial charge in [0, 0.05) is 5.69 Å². The molecule has 0 spiro atoms. The average molecular weight is 349 g/mol. The summed E-state index contributed by atoms with van der Waals surface area (Å²) in [5.74, 6) is 0.680. The zero-order chi connectivity index (χ0) is 18.5. The van der Waals surface area contributed by atoms with Crippen LogP contribution in [-0.2, 0) is 14.3 Å². The highest BCUT2D eigenvalue weighted by atomic mass is 16.6. The van der Waals surface area contributed by atoms with Crippen molar-refractivity contribution in [2.24, 2.45) is 0 Å². The summed E-state index contributed by atoms with van der Waals surface area (Å²) in [5.41, 5.74) is 10.8. The Morgan fingerprint density at radius 2 is 1.85 bits per heavy atom. The van der Waals surface area contributed by atoms with E-state index in [4.69, 9.17) is 15.2 Å². The summed E-state index contributed by atoms with van der Waals surface area (Å²) in [6.45, 7) is 4.04. The van der Waals surface area contributed by atoms with Gasteiger partial charge in [0.1, 0.15) is 17.5 Å². The van der Waals surface area contributed by atoms with Crippen molar-refractivity contribution in [1.82, 2.24) is 0 Å². The maximum absolute atomic E-state index is 13.0. The lowest BCUT2D eigenvalue weighted by molar-refractivity contribution is -0.131. The number of fused-ring (bicyclic) bond motifs is 2. The minimum absolute atomic E-state index is 0.0279. The van der Waals surface area contributed by atoms with E-state index in [-0.39, 0.29) is 11.9 Å². The monoisotopic (exact) mass is 349 g/mol. The highest BCUT2D eigenvalue weighted by Crippen LogP contribution is 2.46. The molecule has 2 bridgehead atoms. The Morgan fingerprint density at radius 3 is 2.50 bits per heavy atom. The van der Waals surface area contributed by atoms with E-state index in [9.17, 15) is 4.79 Å². The number of aryl methyl sites for hydroxylation is 1. The lowest BCUT2D eigenvalue weighted by atomic mass is 9.88. The number of benzene rings is 2. The quantitative estimate of drug-likeness (QED) is 0.847. The Hall–Kier alpha value is -2.59. The van der Waals surface area contributed by atoms with Gasteiger partial charge >= 0.3 is 0 Å². The second-order valence-electron chi connectivity index (χ2n) is 7.30. The van der Waals surface area contributed by atoms with Crippen LogP contribution < -0.4 is 5.73 Å². The van der Waals surface area contributed by atoms with Gasteiger partial charge in [-0.15, -0.1) is 0 Å². The number of methoxy groups -OCH3 is 1. The molecule has 1 fully saturated rings. The van der Waals surface area contributed by atoms with Crippen LogP contribution in [0.15, 0.2) is 48.2 Å². The number of hydrogen-bond donors (Lipinski definition) is 1. The van der Waals surface area contributed by atoms with Gasteiger partial charge in [0.05, 0.1) is 12.7 Å². The third-order valence-corrected chi connectivity index (χ3v) is 5.48. The van der Waals surface area contributed by atoms with Crippen LogP contribution in [0.5, 0.6) is 0 Å². The number of ether oxygens (including phenoxy) is 2. The molecule has 2 aliphatic heterocycles. The predicted octanol–water partition coefficient (Wildman–Crippen LogP) is 4.12. The first-order valence-electron chi connectivity index (χ1n) is 8.90. The number of nitrogens with two attached hydrogens (primary N) is 1. The van der Waals surface area contributed by atoms with Crippen molar-refractivity contribution in [3.8, 4) is 11.1 Å². The van der Waals surface area contributed by atoms with Crippen molar-refractivity contribution >= 4 is 17.0 Å². The van der Waals surface area contributed by atoms with Gasteiger partial charge in [0.2, 0.25) is 0 Å². The van der Waals surface area contributed by atoms with Crippen LogP contribution in [-0.4, -0.2) is 24.6 Å². The van der Waals surface area contributed by atoms with E-state index in [0.717, 1.165) is 40.8 Å². The molecule has 4 rings (SSSR count). The largest absolute Gasteiger partial charge is 0.497 e. The number of Topliss-reactive ketones (excluding diaryl/α,β-unsaturated/α-hetero) is 1. The number of anilines is 1. The van der Waals surface area contributed by atoms with E-state index < -0.39 is 5.60 Å². The maximum Gasteiger partial charge on any atom is 0.195 e. The van der Waals surface area contributed by atoms with Crippen molar-refractivity contribution in [3.05, 3.63) is 59.4 Å². The van der Waals surface area contributed by atoms with E-state index in [0.29, 0.717) is 11.3 Å². The molecule has 2 aliphatic rings. The normalized spacial score (nSPS) is 24.9. The van der Waals surface area contributed by atoms with Crippen LogP contribution in [0.2, 0.25) is 0 Å². The zero-order valence-corrected chi connectivity index (χ0v) is 15.3. The second kappa shape index (κ2) is 5.99. The third kappa shape index (κ3) is 2.53. The number of carbonyl (C=O) groups excluding carboxylic acids is 1. The second-order valence-corrected chi connectivity index (χ2v) is 7.30. The molecule has 2 atom stereocenters. The van der Waals surface area contributed by atoms with E-state index in [1.165, 1.54) is 0 Å². The molecule has 1 saturated heterocycles. The van der Waals surface area contributed by atoms with Crippen LogP contribution in [0.1, 0.15) is 30.9 Å². The minimum Gasteiger partial charge on any atom is -0.497 e. The average Bonchev–Trinajstić information content (AvgIpc) is 2.99. The van der Waals surface area contributed by atoms with Crippen molar-refractivity contribution in [2.75, 3.05) is 12.8 Å². The maximum atomic E-state index is 13.0. The number of nitrogen functional groups attached to an aromatic ring is 1. The standard InChI is InChI=1S/C22H23NO3/c1-13-12-15(14-4-7-16(23)8-5-14)6-9-17(13)19-20(24)18-10-11-22(2,26-18)21(19)25-3/h4-9,12,18H,10-11,23H2,1-3H3/t18-,22+/m0/s1. The summed E-state index contributed by atoms with van der Waals surface area (Å²) in [5, 5.41) is 0. The van der Waals surface area contributed by atoms with E-state index in [2.05, 4.69) is 6.07 Å². The molecular formula is C22H23NO3. The molecule has 2 N–H and O–H groups in total. The van der Waals surface area contributed by atoms with E-state index >= 15 is 0 Å². The van der Waals surface area contributed by atoms with E-state index in [1.54, 1.807) is 7.11 Å². The van der Waals surface area contributed by atoms with Crippen LogP contribution in [0.3, 0.4) is 0 Å². The summed E-state index contributed by atoms with van der Waals surface area (Å²) in [6.07, 6.45) is 1.19. The SMILES string of the molecule is COC1=C(c2ccc(-c3ccc(N)cc3)cc2C)C(=O)[C@@H]2CC[C@@]1(C)O2. The lowest BCUT2D eigenvalue weighted by Crippen LogP contribution is -2.38. The molecule has 2 heterocycles. The highest BCUT2D eigenvalue weighted by Gasteiger charge is 2.50. The molecule has 2 aromatic rings. The fourth-order valence-electron chi connectivity index (χ4n) is 4.10. The van der Waals surface area contributed by atoms with Gasteiger partial charge in [-0.25, -0.2) is 0 Å². The lowest BCUT2D eigenvalue weighted by Gasteiger charge is -2.33. The smallest absolute Gasteiger partial charge is 0.195 e.